The fourth-order valence-electron chi connectivity index (χ4n) is 3.21. The third kappa shape index (κ3) is 1.66. The van der Waals surface area contributed by atoms with Gasteiger partial charge in [0.2, 0.25) is 0 Å². The summed E-state index contributed by atoms with van der Waals surface area (Å²) in [6.07, 6.45) is 3.98. The molecule has 2 saturated carbocycles. The van der Waals surface area contributed by atoms with Crippen LogP contribution in [0.15, 0.2) is 18.2 Å². The van der Waals surface area contributed by atoms with Gasteiger partial charge in [-0.25, -0.2) is 0 Å². The summed E-state index contributed by atoms with van der Waals surface area (Å²) in [5, 5.41) is 11.1. The van der Waals surface area contributed by atoms with Crippen LogP contribution in [-0.2, 0) is 5.41 Å². The van der Waals surface area contributed by atoms with Crippen molar-refractivity contribution in [2.45, 2.75) is 37.2 Å². The molecule has 0 aliphatic heterocycles. The van der Waals surface area contributed by atoms with Crippen LogP contribution in [0.25, 0.3) is 0 Å². The van der Waals surface area contributed by atoms with Crippen molar-refractivity contribution >= 4 is 23.2 Å². The highest BCUT2D eigenvalue weighted by atomic mass is 35.5. The summed E-state index contributed by atoms with van der Waals surface area (Å²) in [6, 6.07) is 5.84. The average molecular weight is 257 g/mol. The average Bonchev–Trinajstić information content (AvgIpc) is 2.91. The van der Waals surface area contributed by atoms with Gasteiger partial charge in [0, 0.05) is 10.0 Å². The number of hydrogen-bond donors (Lipinski definition) is 1. The number of rotatable bonds is 1. The normalized spacial score (nSPS) is 36.9. The molecule has 3 atom stereocenters. The Hall–Kier alpha value is -0.240. The first-order valence-corrected chi connectivity index (χ1v) is 6.50. The van der Waals surface area contributed by atoms with Crippen molar-refractivity contribution in [2.24, 2.45) is 5.92 Å². The molecule has 0 bridgehead atoms. The molecule has 16 heavy (non-hydrogen) atoms. The van der Waals surface area contributed by atoms with Crippen molar-refractivity contribution in [3.63, 3.8) is 0 Å². The van der Waals surface area contributed by atoms with Gasteiger partial charge in [0.25, 0.3) is 0 Å². The van der Waals surface area contributed by atoms with Gasteiger partial charge in [-0.2, -0.15) is 0 Å². The van der Waals surface area contributed by atoms with Crippen molar-refractivity contribution in [1.29, 1.82) is 0 Å². The van der Waals surface area contributed by atoms with Crippen LogP contribution in [0.3, 0.4) is 0 Å². The Balaban J connectivity index is 1.94. The second-order valence-electron chi connectivity index (χ2n) is 5.14. The maximum absolute atomic E-state index is 9.62. The molecule has 2 aliphatic rings. The highest BCUT2D eigenvalue weighted by molar-refractivity contribution is 6.34. The summed E-state index contributed by atoms with van der Waals surface area (Å²) < 4.78 is 0. The van der Waals surface area contributed by atoms with Gasteiger partial charge in [0.05, 0.1) is 6.10 Å². The summed E-state index contributed by atoms with van der Waals surface area (Å²) in [4.78, 5) is 0. The van der Waals surface area contributed by atoms with Crippen molar-refractivity contribution in [3.05, 3.63) is 33.8 Å². The number of halogens is 2. The minimum absolute atomic E-state index is 0.102. The Kier molecular flexibility index (Phi) is 2.47. The molecule has 1 unspecified atom stereocenters. The molecule has 2 fully saturated rings. The van der Waals surface area contributed by atoms with Crippen LogP contribution in [0, 0.1) is 5.92 Å². The second-order valence-corrected chi connectivity index (χ2v) is 6.02. The lowest BCUT2D eigenvalue weighted by molar-refractivity contribution is 0.119. The zero-order valence-corrected chi connectivity index (χ0v) is 10.4. The van der Waals surface area contributed by atoms with Crippen molar-refractivity contribution in [3.8, 4) is 0 Å². The standard InChI is InChI=1S/C13H14Cl2O/c14-10-3-8(4-11(15)6-10)13-2-1-12(16)5-9(13)7-13/h3-4,6,9,12,16H,1-2,5,7H2/t9?,12-,13+/m0/s1. The highest BCUT2D eigenvalue weighted by Gasteiger charge is 2.57. The van der Waals surface area contributed by atoms with Crippen LogP contribution >= 0.6 is 23.2 Å². The van der Waals surface area contributed by atoms with Crippen LogP contribution in [0.4, 0.5) is 0 Å². The quantitative estimate of drug-likeness (QED) is 0.811. The molecule has 3 rings (SSSR count). The molecule has 1 aromatic carbocycles. The first kappa shape index (κ1) is 10.9. The zero-order chi connectivity index (χ0) is 11.3. The molecule has 0 saturated heterocycles. The van der Waals surface area contributed by atoms with Crippen molar-refractivity contribution in [1.82, 2.24) is 0 Å². The van der Waals surface area contributed by atoms with Crippen LogP contribution in [-0.4, -0.2) is 11.2 Å². The van der Waals surface area contributed by atoms with E-state index >= 15 is 0 Å². The van der Waals surface area contributed by atoms with Crippen LogP contribution in [0.5, 0.6) is 0 Å². The van der Waals surface area contributed by atoms with E-state index in [0.717, 1.165) is 19.3 Å². The molecule has 0 radical (unpaired) electrons. The maximum Gasteiger partial charge on any atom is 0.0543 e. The molecular formula is C13H14Cl2O. The van der Waals surface area contributed by atoms with E-state index in [4.69, 9.17) is 23.2 Å². The van der Waals surface area contributed by atoms with Crippen LogP contribution < -0.4 is 0 Å². The largest absolute Gasteiger partial charge is 0.393 e. The molecule has 1 aromatic rings. The molecule has 0 aromatic heterocycles. The third-order valence-electron chi connectivity index (χ3n) is 4.15. The molecule has 86 valence electrons. The third-order valence-corrected chi connectivity index (χ3v) is 4.59. The monoisotopic (exact) mass is 256 g/mol. The van der Waals surface area contributed by atoms with Gasteiger partial charge in [-0.1, -0.05) is 23.2 Å². The number of hydrogen-bond acceptors (Lipinski definition) is 1. The van der Waals surface area contributed by atoms with Crippen molar-refractivity contribution < 1.29 is 5.11 Å². The highest BCUT2D eigenvalue weighted by Crippen LogP contribution is 2.62. The molecular weight excluding hydrogens is 243 g/mol. The van der Waals surface area contributed by atoms with Gasteiger partial charge < -0.3 is 5.11 Å². The van der Waals surface area contributed by atoms with Gasteiger partial charge in [0.1, 0.15) is 0 Å². The van der Waals surface area contributed by atoms with Gasteiger partial charge in [-0.15, -0.1) is 0 Å². The van der Waals surface area contributed by atoms with Gasteiger partial charge in [0.15, 0.2) is 0 Å². The van der Waals surface area contributed by atoms with E-state index in [1.54, 1.807) is 6.07 Å². The van der Waals surface area contributed by atoms with E-state index in [1.807, 2.05) is 12.1 Å². The smallest absolute Gasteiger partial charge is 0.0543 e. The Morgan fingerprint density at radius 3 is 2.50 bits per heavy atom. The topological polar surface area (TPSA) is 20.2 Å². The summed E-state index contributed by atoms with van der Waals surface area (Å²) in [6.45, 7) is 0. The van der Waals surface area contributed by atoms with Crippen LogP contribution in [0.1, 0.15) is 31.2 Å². The van der Waals surface area contributed by atoms with Gasteiger partial charge >= 0.3 is 0 Å². The number of aliphatic hydroxyl groups is 1. The molecule has 0 spiro atoms. The van der Waals surface area contributed by atoms with E-state index in [-0.39, 0.29) is 11.5 Å². The summed E-state index contributed by atoms with van der Waals surface area (Å²) in [5.41, 5.74) is 1.54. The first-order chi connectivity index (χ1) is 7.60. The maximum atomic E-state index is 9.62. The van der Waals surface area contributed by atoms with Crippen molar-refractivity contribution in [2.75, 3.05) is 0 Å². The summed E-state index contributed by atoms with van der Waals surface area (Å²) in [5.74, 6) is 0.630. The molecule has 1 nitrogen and oxygen atoms in total. The van der Waals surface area contributed by atoms with Gasteiger partial charge in [-0.05, 0) is 60.8 Å². The minimum Gasteiger partial charge on any atom is -0.393 e. The molecule has 1 N–H and O–H groups in total. The lowest BCUT2D eigenvalue weighted by Crippen LogP contribution is -2.22. The van der Waals surface area contributed by atoms with E-state index in [2.05, 4.69) is 0 Å². The number of benzene rings is 1. The van der Waals surface area contributed by atoms with E-state index in [1.165, 1.54) is 12.0 Å². The number of fused-ring (bicyclic) bond motifs is 1. The minimum atomic E-state index is -0.102. The Labute approximate surface area is 105 Å². The SMILES string of the molecule is O[C@H]1CC[C@]2(c3cc(Cl)cc(Cl)c3)CC2C1. The van der Waals surface area contributed by atoms with E-state index in [9.17, 15) is 5.11 Å². The lowest BCUT2D eigenvalue weighted by Gasteiger charge is -2.26. The van der Waals surface area contributed by atoms with E-state index < -0.39 is 0 Å². The van der Waals surface area contributed by atoms with Gasteiger partial charge in [-0.3, -0.25) is 0 Å². The molecule has 2 aliphatic carbocycles. The zero-order valence-electron chi connectivity index (χ0n) is 8.92. The fraction of sp³-hybridized carbons (Fsp3) is 0.538. The predicted molar refractivity (Wildman–Crippen MR) is 66.1 cm³/mol. The molecule has 3 heteroatoms. The van der Waals surface area contributed by atoms with E-state index in [0.29, 0.717) is 16.0 Å². The summed E-state index contributed by atoms with van der Waals surface area (Å²) >= 11 is 12.1. The molecule has 0 amide bonds. The Bertz CT molecular complexity index is 412. The number of aliphatic hydroxyl groups excluding tert-OH is 1. The molecule has 0 heterocycles. The Morgan fingerprint density at radius 1 is 1.19 bits per heavy atom. The van der Waals surface area contributed by atoms with Crippen LogP contribution in [0.2, 0.25) is 10.0 Å². The predicted octanol–water partition coefficient (Wildman–Crippen LogP) is 3.80. The second kappa shape index (κ2) is 3.63. The lowest BCUT2D eigenvalue weighted by atomic mass is 9.82. The first-order valence-electron chi connectivity index (χ1n) is 5.75. The fourth-order valence-corrected chi connectivity index (χ4v) is 3.73. The Morgan fingerprint density at radius 2 is 1.88 bits per heavy atom. The summed E-state index contributed by atoms with van der Waals surface area (Å²) in [7, 11) is 0.